The van der Waals surface area contributed by atoms with Crippen molar-refractivity contribution in [3.8, 4) is 55.9 Å². The van der Waals surface area contributed by atoms with Crippen LogP contribution >= 0.6 is 0 Å². The van der Waals surface area contributed by atoms with Crippen LogP contribution in [0.4, 0.5) is 0 Å². The Morgan fingerprint density at radius 1 is 0.217 bits per heavy atom. The van der Waals surface area contributed by atoms with Crippen molar-refractivity contribution in [3.63, 3.8) is 0 Å². The first-order chi connectivity index (χ1) is 29.7. The second-order valence-corrected chi connectivity index (χ2v) is 15.7. The van der Waals surface area contributed by atoms with Crippen LogP contribution in [-0.4, -0.2) is 9.13 Å². The quantitative estimate of drug-likeness (QED) is 0.160. The summed E-state index contributed by atoms with van der Waals surface area (Å²) in [7, 11) is 0. The molecule has 0 radical (unpaired) electrons. The van der Waals surface area contributed by atoms with Gasteiger partial charge in [-0.1, -0.05) is 170 Å². The molecule has 0 aliphatic heterocycles. The van der Waals surface area contributed by atoms with Crippen molar-refractivity contribution in [1.29, 1.82) is 0 Å². The third-order valence-corrected chi connectivity index (χ3v) is 12.3. The Morgan fingerprint density at radius 2 is 0.667 bits per heavy atom. The van der Waals surface area contributed by atoms with Gasteiger partial charge in [0.05, 0.1) is 22.1 Å². The largest absolute Gasteiger partial charge is 0.309 e. The summed E-state index contributed by atoms with van der Waals surface area (Å²) >= 11 is 0. The van der Waals surface area contributed by atoms with E-state index in [0.717, 1.165) is 5.69 Å². The van der Waals surface area contributed by atoms with E-state index in [0.29, 0.717) is 0 Å². The highest BCUT2D eigenvalue weighted by atomic mass is 15.0. The molecule has 12 rings (SSSR count). The summed E-state index contributed by atoms with van der Waals surface area (Å²) in [6, 6.07) is 84.2. The molecule has 2 heterocycles. The first kappa shape index (κ1) is 34.1. The normalized spacial score (nSPS) is 11.7. The SMILES string of the molecule is c1ccc(-c2ccccc2-c2ccc(-c3cccc(-n4c5ccccc5c5cc(-c6ccc7c(c6)c6ccccc6n7-c6ccc7ccccc7c6)ccc54)c3)cc2)cc1. The number of rotatable bonds is 6. The Bertz CT molecular complexity index is 3590. The maximum absolute atomic E-state index is 2.42. The smallest absolute Gasteiger partial charge is 0.0541 e. The monoisotopic (exact) mass is 762 g/mol. The molecule has 0 aliphatic rings. The van der Waals surface area contributed by atoms with E-state index in [4.69, 9.17) is 0 Å². The summed E-state index contributed by atoms with van der Waals surface area (Å²) < 4.78 is 4.83. The van der Waals surface area contributed by atoms with Crippen LogP contribution in [0.15, 0.2) is 231 Å². The minimum absolute atomic E-state index is 1.15. The lowest BCUT2D eigenvalue weighted by atomic mass is 9.93. The van der Waals surface area contributed by atoms with E-state index in [-0.39, 0.29) is 0 Å². The summed E-state index contributed by atoms with van der Waals surface area (Å²) in [6.07, 6.45) is 0. The Hall–Kier alpha value is -7.94. The van der Waals surface area contributed by atoms with Crippen molar-refractivity contribution < 1.29 is 0 Å². The summed E-state index contributed by atoms with van der Waals surface area (Å²) in [5, 5.41) is 7.49. The van der Waals surface area contributed by atoms with Gasteiger partial charge in [0, 0.05) is 32.9 Å². The molecule has 2 nitrogen and oxygen atoms in total. The van der Waals surface area contributed by atoms with E-state index in [2.05, 4.69) is 240 Å². The van der Waals surface area contributed by atoms with E-state index in [1.54, 1.807) is 0 Å². The van der Waals surface area contributed by atoms with Crippen LogP contribution in [0.1, 0.15) is 0 Å². The van der Waals surface area contributed by atoms with Gasteiger partial charge in [-0.3, -0.25) is 0 Å². The lowest BCUT2D eigenvalue weighted by Gasteiger charge is -2.12. The predicted octanol–water partition coefficient (Wildman–Crippen LogP) is 15.7. The van der Waals surface area contributed by atoms with Gasteiger partial charge in [0.2, 0.25) is 0 Å². The maximum Gasteiger partial charge on any atom is 0.0541 e. The molecule has 280 valence electrons. The van der Waals surface area contributed by atoms with E-state index in [1.807, 2.05) is 0 Å². The van der Waals surface area contributed by atoms with Gasteiger partial charge in [-0.05, 0) is 116 Å². The van der Waals surface area contributed by atoms with Gasteiger partial charge in [-0.25, -0.2) is 0 Å². The highest BCUT2D eigenvalue weighted by Crippen LogP contribution is 2.40. The highest BCUT2D eigenvalue weighted by Gasteiger charge is 2.17. The van der Waals surface area contributed by atoms with Crippen molar-refractivity contribution in [2.75, 3.05) is 0 Å². The molecule has 2 aromatic heterocycles. The summed E-state index contributed by atoms with van der Waals surface area (Å²) in [5.74, 6) is 0. The molecular formula is C58H38N2. The van der Waals surface area contributed by atoms with Crippen LogP contribution in [0.5, 0.6) is 0 Å². The average Bonchev–Trinajstić information content (AvgIpc) is 3.84. The first-order valence-corrected chi connectivity index (χ1v) is 20.7. The second kappa shape index (κ2) is 13.9. The molecule has 2 heteroatoms. The number of fused-ring (bicyclic) bond motifs is 7. The van der Waals surface area contributed by atoms with Crippen molar-refractivity contribution >= 4 is 54.4 Å². The van der Waals surface area contributed by atoms with Gasteiger partial charge in [0.15, 0.2) is 0 Å². The summed E-state index contributed by atoms with van der Waals surface area (Å²) in [4.78, 5) is 0. The Kier molecular flexibility index (Phi) is 7.89. The zero-order chi connectivity index (χ0) is 39.6. The van der Waals surface area contributed by atoms with Crippen molar-refractivity contribution in [1.82, 2.24) is 9.13 Å². The topological polar surface area (TPSA) is 9.86 Å². The molecule has 0 atom stereocenters. The Balaban J connectivity index is 0.930. The standard InChI is InChI=1S/C58H38N2/c1-2-14-41(15-3-1)49-19-6-7-20-50(49)42-27-25-40(26-28-42)44-17-12-18-47(35-44)59-55-23-10-8-21-51(55)53-37-45(30-33-57(53)59)46-31-34-58-54(38-46)52-22-9-11-24-56(52)60(58)48-32-29-39-13-4-5-16-43(39)36-48/h1-38H. The number of aromatic nitrogens is 2. The maximum atomic E-state index is 2.42. The molecule has 12 aromatic rings. The van der Waals surface area contributed by atoms with E-state index in [1.165, 1.54) is 105 Å². The highest BCUT2D eigenvalue weighted by molar-refractivity contribution is 6.13. The molecule has 0 saturated carbocycles. The Labute approximate surface area is 348 Å². The van der Waals surface area contributed by atoms with Gasteiger partial charge in [-0.15, -0.1) is 0 Å². The predicted molar refractivity (Wildman–Crippen MR) is 254 cm³/mol. The van der Waals surface area contributed by atoms with Crippen molar-refractivity contribution in [2.24, 2.45) is 0 Å². The Morgan fingerprint density at radius 3 is 1.32 bits per heavy atom. The summed E-state index contributed by atoms with van der Waals surface area (Å²) in [6.45, 7) is 0. The molecule has 0 N–H and O–H groups in total. The fraction of sp³-hybridized carbons (Fsp3) is 0. The third-order valence-electron chi connectivity index (χ3n) is 12.3. The first-order valence-electron chi connectivity index (χ1n) is 20.7. The zero-order valence-corrected chi connectivity index (χ0v) is 32.8. The molecule has 60 heavy (non-hydrogen) atoms. The van der Waals surface area contributed by atoms with Crippen molar-refractivity contribution in [3.05, 3.63) is 231 Å². The molecular weight excluding hydrogens is 725 g/mol. The molecule has 0 aliphatic carbocycles. The van der Waals surface area contributed by atoms with Gasteiger partial charge < -0.3 is 9.13 Å². The molecule has 0 saturated heterocycles. The van der Waals surface area contributed by atoms with Crippen LogP contribution in [-0.2, 0) is 0 Å². The van der Waals surface area contributed by atoms with E-state index in [9.17, 15) is 0 Å². The zero-order valence-electron chi connectivity index (χ0n) is 32.8. The van der Waals surface area contributed by atoms with Crippen LogP contribution < -0.4 is 0 Å². The van der Waals surface area contributed by atoms with Crippen LogP contribution in [0.3, 0.4) is 0 Å². The van der Waals surface area contributed by atoms with Crippen LogP contribution in [0.2, 0.25) is 0 Å². The van der Waals surface area contributed by atoms with Crippen molar-refractivity contribution in [2.45, 2.75) is 0 Å². The number of benzene rings is 10. The fourth-order valence-corrected chi connectivity index (χ4v) is 9.45. The van der Waals surface area contributed by atoms with E-state index >= 15 is 0 Å². The minimum Gasteiger partial charge on any atom is -0.309 e. The lowest BCUT2D eigenvalue weighted by molar-refractivity contribution is 1.18. The molecule has 0 fully saturated rings. The van der Waals surface area contributed by atoms with Crippen LogP contribution in [0.25, 0.3) is 110 Å². The second-order valence-electron chi connectivity index (χ2n) is 15.7. The average molecular weight is 763 g/mol. The third kappa shape index (κ3) is 5.57. The van der Waals surface area contributed by atoms with Crippen LogP contribution in [0, 0.1) is 0 Å². The van der Waals surface area contributed by atoms with Gasteiger partial charge >= 0.3 is 0 Å². The van der Waals surface area contributed by atoms with Gasteiger partial charge in [-0.2, -0.15) is 0 Å². The molecule has 0 bridgehead atoms. The number of hydrogen-bond donors (Lipinski definition) is 0. The fourth-order valence-electron chi connectivity index (χ4n) is 9.45. The molecule has 0 spiro atoms. The number of hydrogen-bond acceptors (Lipinski definition) is 0. The number of para-hydroxylation sites is 2. The molecule has 10 aromatic carbocycles. The minimum atomic E-state index is 1.15. The number of nitrogens with zero attached hydrogens (tertiary/aromatic N) is 2. The lowest BCUT2D eigenvalue weighted by Crippen LogP contribution is -1.94. The van der Waals surface area contributed by atoms with Gasteiger partial charge in [0.25, 0.3) is 0 Å². The molecule has 0 amide bonds. The van der Waals surface area contributed by atoms with E-state index < -0.39 is 0 Å². The summed E-state index contributed by atoms with van der Waals surface area (Å²) in [5.41, 5.74) is 16.8. The molecule has 0 unspecified atom stereocenters. The van der Waals surface area contributed by atoms with Gasteiger partial charge in [0.1, 0.15) is 0 Å².